The molecule has 0 radical (unpaired) electrons. The molecule has 1 aromatic rings. The second-order valence-electron chi connectivity index (χ2n) is 8.64. The summed E-state index contributed by atoms with van der Waals surface area (Å²) in [6.07, 6.45) is 8.61. The van der Waals surface area contributed by atoms with Crippen LogP contribution in [0.5, 0.6) is 0 Å². The van der Waals surface area contributed by atoms with Gasteiger partial charge in [0.05, 0.1) is 17.1 Å². The SMILES string of the molecule is O=C(c1ccc(N2CCN(CC3CCCCC3)CC2)nc1)N1CCS(=O)(=O)CC1. The minimum Gasteiger partial charge on any atom is -0.354 e. The van der Waals surface area contributed by atoms with Crippen molar-refractivity contribution in [1.29, 1.82) is 0 Å². The van der Waals surface area contributed by atoms with Gasteiger partial charge in [-0.15, -0.1) is 0 Å². The van der Waals surface area contributed by atoms with Crippen LogP contribution in [-0.2, 0) is 9.84 Å². The van der Waals surface area contributed by atoms with Crippen molar-refractivity contribution >= 4 is 21.6 Å². The van der Waals surface area contributed by atoms with Crippen LogP contribution in [0.2, 0.25) is 0 Å². The number of sulfone groups is 1. The zero-order valence-electron chi connectivity index (χ0n) is 17.1. The molecule has 29 heavy (non-hydrogen) atoms. The number of anilines is 1. The topological polar surface area (TPSA) is 73.8 Å². The molecule has 0 atom stereocenters. The highest BCUT2D eigenvalue weighted by Crippen LogP contribution is 2.25. The van der Waals surface area contributed by atoms with E-state index in [9.17, 15) is 13.2 Å². The first-order chi connectivity index (χ1) is 14.0. The molecule has 1 aliphatic carbocycles. The van der Waals surface area contributed by atoms with Crippen molar-refractivity contribution in [2.75, 3.05) is 62.2 Å². The van der Waals surface area contributed by atoms with Gasteiger partial charge in [0.2, 0.25) is 0 Å². The summed E-state index contributed by atoms with van der Waals surface area (Å²) in [5.74, 6) is 1.77. The molecular formula is C21H32N4O3S. The van der Waals surface area contributed by atoms with Crippen LogP contribution in [0.15, 0.2) is 18.3 Å². The molecular weight excluding hydrogens is 388 g/mol. The standard InChI is InChI=1S/C21H32N4O3S/c26-21(25-12-14-29(27,28)15-13-25)19-6-7-20(22-16-19)24-10-8-23(9-11-24)17-18-4-2-1-3-5-18/h6-7,16,18H,1-5,8-15,17H2. The van der Waals surface area contributed by atoms with Crippen molar-refractivity contribution < 1.29 is 13.2 Å². The molecule has 1 saturated carbocycles. The van der Waals surface area contributed by atoms with Crippen molar-refractivity contribution in [1.82, 2.24) is 14.8 Å². The lowest BCUT2D eigenvalue weighted by Crippen LogP contribution is -2.48. The van der Waals surface area contributed by atoms with Crippen LogP contribution in [0.1, 0.15) is 42.5 Å². The van der Waals surface area contributed by atoms with Gasteiger partial charge in [-0.05, 0) is 30.9 Å². The van der Waals surface area contributed by atoms with Crippen molar-refractivity contribution in [2.45, 2.75) is 32.1 Å². The number of piperazine rings is 1. The van der Waals surface area contributed by atoms with Gasteiger partial charge in [0, 0.05) is 52.0 Å². The lowest BCUT2D eigenvalue weighted by molar-refractivity contribution is 0.0770. The number of aromatic nitrogens is 1. The van der Waals surface area contributed by atoms with Gasteiger partial charge in [-0.25, -0.2) is 13.4 Å². The average Bonchev–Trinajstić information content (AvgIpc) is 2.75. The van der Waals surface area contributed by atoms with Gasteiger partial charge >= 0.3 is 0 Å². The van der Waals surface area contributed by atoms with E-state index in [0.29, 0.717) is 5.56 Å². The molecule has 1 amide bonds. The molecule has 3 heterocycles. The highest BCUT2D eigenvalue weighted by Gasteiger charge is 2.26. The van der Waals surface area contributed by atoms with E-state index < -0.39 is 9.84 Å². The molecule has 160 valence electrons. The second kappa shape index (κ2) is 9.00. The van der Waals surface area contributed by atoms with E-state index in [1.165, 1.54) is 38.6 Å². The monoisotopic (exact) mass is 420 g/mol. The zero-order valence-corrected chi connectivity index (χ0v) is 17.9. The quantitative estimate of drug-likeness (QED) is 0.738. The van der Waals surface area contributed by atoms with Gasteiger partial charge in [0.25, 0.3) is 5.91 Å². The van der Waals surface area contributed by atoms with E-state index in [1.807, 2.05) is 12.1 Å². The maximum absolute atomic E-state index is 12.6. The van der Waals surface area contributed by atoms with Gasteiger partial charge < -0.3 is 9.80 Å². The number of rotatable bonds is 4. The third-order valence-electron chi connectivity index (χ3n) is 6.56. The Labute approximate surface area is 174 Å². The van der Waals surface area contributed by atoms with Crippen LogP contribution in [0.3, 0.4) is 0 Å². The van der Waals surface area contributed by atoms with Gasteiger partial charge in [-0.1, -0.05) is 19.3 Å². The maximum Gasteiger partial charge on any atom is 0.255 e. The van der Waals surface area contributed by atoms with Crippen molar-refractivity contribution in [2.24, 2.45) is 5.92 Å². The molecule has 3 aliphatic rings. The summed E-state index contributed by atoms with van der Waals surface area (Å²) < 4.78 is 23.1. The number of hydrogen-bond donors (Lipinski definition) is 0. The van der Waals surface area contributed by atoms with Crippen LogP contribution in [0, 0.1) is 5.92 Å². The van der Waals surface area contributed by atoms with Crippen LogP contribution in [0.25, 0.3) is 0 Å². The number of carbonyl (C=O) groups is 1. The molecule has 0 spiro atoms. The zero-order chi connectivity index (χ0) is 20.3. The Morgan fingerprint density at radius 3 is 2.28 bits per heavy atom. The minimum absolute atomic E-state index is 0.0510. The predicted molar refractivity (Wildman–Crippen MR) is 114 cm³/mol. The number of pyridine rings is 1. The Kier molecular flexibility index (Phi) is 6.39. The average molecular weight is 421 g/mol. The summed E-state index contributed by atoms with van der Waals surface area (Å²) in [5, 5.41) is 0. The molecule has 8 heteroatoms. The Bertz CT molecular complexity index is 784. The molecule has 0 unspecified atom stereocenters. The van der Waals surface area contributed by atoms with E-state index in [0.717, 1.165) is 37.9 Å². The normalized spacial score (nSPS) is 23.9. The minimum atomic E-state index is -2.99. The summed E-state index contributed by atoms with van der Waals surface area (Å²) >= 11 is 0. The number of carbonyl (C=O) groups excluding carboxylic acids is 1. The van der Waals surface area contributed by atoms with Gasteiger partial charge in [0.1, 0.15) is 5.82 Å². The fourth-order valence-corrected chi connectivity index (χ4v) is 5.89. The van der Waals surface area contributed by atoms with E-state index >= 15 is 0 Å². The Hall–Kier alpha value is -1.67. The van der Waals surface area contributed by atoms with E-state index in [-0.39, 0.29) is 30.5 Å². The molecule has 2 saturated heterocycles. The molecule has 1 aromatic heterocycles. The highest BCUT2D eigenvalue weighted by molar-refractivity contribution is 7.91. The first-order valence-electron chi connectivity index (χ1n) is 10.9. The number of amides is 1. The molecule has 4 rings (SSSR count). The maximum atomic E-state index is 12.6. The smallest absolute Gasteiger partial charge is 0.255 e. The summed E-state index contributed by atoms with van der Waals surface area (Å²) in [5.41, 5.74) is 0.531. The third-order valence-corrected chi connectivity index (χ3v) is 8.17. The highest BCUT2D eigenvalue weighted by atomic mass is 32.2. The van der Waals surface area contributed by atoms with E-state index in [1.54, 1.807) is 11.1 Å². The molecule has 0 bridgehead atoms. The Morgan fingerprint density at radius 1 is 0.966 bits per heavy atom. The van der Waals surface area contributed by atoms with Gasteiger partial charge in [-0.2, -0.15) is 0 Å². The lowest BCUT2D eigenvalue weighted by Gasteiger charge is -2.37. The van der Waals surface area contributed by atoms with Crippen LogP contribution in [0.4, 0.5) is 5.82 Å². The second-order valence-corrected chi connectivity index (χ2v) is 10.9. The summed E-state index contributed by atoms with van der Waals surface area (Å²) in [4.78, 5) is 23.6. The molecule has 3 fully saturated rings. The predicted octanol–water partition coefficient (Wildman–Crippen LogP) is 1.65. The van der Waals surface area contributed by atoms with Gasteiger partial charge in [-0.3, -0.25) is 9.69 Å². The summed E-state index contributed by atoms with van der Waals surface area (Å²) in [6.45, 7) is 5.86. The van der Waals surface area contributed by atoms with Crippen molar-refractivity contribution in [3.05, 3.63) is 23.9 Å². The van der Waals surface area contributed by atoms with Crippen molar-refractivity contribution in [3.63, 3.8) is 0 Å². The largest absolute Gasteiger partial charge is 0.354 e. The fraction of sp³-hybridized carbons (Fsp3) is 0.714. The van der Waals surface area contributed by atoms with Crippen LogP contribution < -0.4 is 4.90 Å². The van der Waals surface area contributed by atoms with E-state index in [2.05, 4.69) is 14.8 Å². The molecule has 0 N–H and O–H groups in total. The molecule has 2 aliphatic heterocycles. The Balaban J connectivity index is 1.28. The molecule has 7 nitrogen and oxygen atoms in total. The van der Waals surface area contributed by atoms with Crippen LogP contribution in [-0.4, -0.2) is 86.4 Å². The van der Waals surface area contributed by atoms with Gasteiger partial charge in [0.15, 0.2) is 9.84 Å². The third kappa shape index (κ3) is 5.28. The number of hydrogen-bond acceptors (Lipinski definition) is 6. The number of nitrogens with zero attached hydrogens (tertiary/aromatic N) is 4. The van der Waals surface area contributed by atoms with Crippen molar-refractivity contribution in [3.8, 4) is 0 Å². The first kappa shape index (κ1) is 20.6. The lowest BCUT2D eigenvalue weighted by atomic mass is 9.89. The summed E-state index contributed by atoms with van der Waals surface area (Å²) in [6, 6.07) is 3.74. The van der Waals surface area contributed by atoms with E-state index in [4.69, 9.17) is 0 Å². The summed E-state index contributed by atoms with van der Waals surface area (Å²) in [7, 11) is -2.99. The Morgan fingerprint density at radius 2 is 1.66 bits per heavy atom. The fourth-order valence-electron chi connectivity index (χ4n) is 4.69. The first-order valence-corrected chi connectivity index (χ1v) is 12.8. The van der Waals surface area contributed by atoms with Crippen LogP contribution >= 0.6 is 0 Å². The molecule has 0 aromatic carbocycles.